The number of carbonyl (C=O) groups excluding carboxylic acids is 2. The Morgan fingerprint density at radius 3 is 2.59 bits per heavy atom. The number of nitrogens with zero attached hydrogens (tertiary/aromatic N) is 3. The minimum atomic E-state index is -1.29. The maximum Gasteiger partial charge on any atom is 0.404 e. The van der Waals surface area contributed by atoms with E-state index in [0.29, 0.717) is 44.7 Å². The topological polar surface area (TPSA) is 141 Å². The van der Waals surface area contributed by atoms with Crippen LogP contribution in [0.4, 0.5) is 14.9 Å². The summed E-state index contributed by atoms with van der Waals surface area (Å²) in [6, 6.07) is 7.49. The predicted molar refractivity (Wildman–Crippen MR) is 132 cm³/mol. The molecule has 3 heterocycles. The van der Waals surface area contributed by atoms with Gasteiger partial charge >= 0.3 is 18.4 Å². The van der Waals surface area contributed by atoms with Gasteiger partial charge in [0.15, 0.2) is 22.8 Å². The number of carboxylic acid groups (broad SMARTS) is 1. The molecule has 1 saturated heterocycles. The van der Waals surface area contributed by atoms with Crippen molar-refractivity contribution in [1.82, 2.24) is 25.0 Å². The lowest BCUT2D eigenvalue weighted by Gasteiger charge is -2.34. The van der Waals surface area contributed by atoms with Gasteiger partial charge < -0.3 is 25.6 Å². The average Bonchev–Trinajstić information content (AvgIpc) is 2.90. The number of quaternary nitrogens is 1. The van der Waals surface area contributed by atoms with Crippen molar-refractivity contribution in [2.45, 2.75) is 6.42 Å². The maximum absolute atomic E-state index is 13.7. The largest absolute Gasteiger partial charge is 0.503 e. The van der Waals surface area contributed by atoms with Crippen molar-refractivity contribution in [1.29, 1.82) is 0 Å². The molecule has 1 fully saturated rings. The number of pyridine rings is 1. The van der Waals surface area contributed by atoms with E-state index >= 15 is 0 Å². The van der Waals surface area contributed by atoms with E-state index in [9.17, 15) is 23.9 Å². The third-order valence-corrected chi connectivity index (χ3v) is 6.47. The van der Waals surface area contributed by atoms with Crippen molar-refractivity contribution < 1.29 is 33.7 Å². The zero-order valence-corrected chi connectivity index (χ0v) is 20.2. The molecule has 196 valence electrons. The van der Waals surface area contributed by atoms with Crippen LogP contribution in [0, 0.1) is 5.82 Å². The van der Waals surface area contributed by atoms with E-state index in [2.05, 4.69) is 20.5 Å². The number of rotatable bonds is 10. The van der Waals surface area contributed by atoms with Crippen molar-refractivity contribution >= 4 is 29.9 Å². The minimum Gasteiger partial charge on any atom is -0.503 e. The number of carbonyl (C=O) groups is 3. The lowest BCUT2D eigenvalue weighted by atomic mass is 10.0. The SMILES string of the molecule is O=C[N+]1(CCNC(=O)O)C(=O)C(NCCN2CCOCC2)=C(O)c2ncc(Cc3ccc(F)cc3)cc21. The molecule has 11 nitrogen and oxygen atoms in total. The molecular weight excluding hydrogens is 485 g/mol. The fourth-order valence-electron chi connectivity index (χ4n) is 4.49. The van der Waals surface area contributed by atoms with Crippen molar-refractivity contribution in [2.24, 2.45) is 0 Å². The molecule has 3 amide bonds. The maximum atomic E-state index is 13.7. The summed E-state index contributed by atoms with van der Waals surface area (Å²) >= 11 is 0. The summed E-state index contributed by atoms with van der Waals surface area (Å²) in [5.74, 6) is -1.46. The number of aliphatic hydroxyl groups is 1. The number of aliphatic hydroxyl groups excluding tert-OH is 1. The summed E-state index contributed by atoms with van der Waals surface area (Å²) in [7, 11) is 0. The summed E-state index contributed by atoms with van der Waals surface area (Å²) in [5.41, 5.74) is 1.46. The van der Waals surface area contributed by atoms with E-state index in [4.69, 9.17) is 9.84 Å². The zero-order valence-electron chi connectivity index (χ0n) is 20.2. The molecule has 1 aromatic heterocycles. The number of ether oxygens (including phenoxy) is 1. The Labute approximate surface area is 212 Å². The Morgan fingerprint density at radius 1 is 1.19 bits per heavy atom. The van der Waals surface area contributed by atoms with Crippen LogP contribution in [0.5, 0.6) is 0 Å². The highest BCUT2D eigenvalue weighted by atomic mass is 19.1. The number of benzene rings is 1. The monoisotopic (exact) mass is 514 g/mol. The normalized spacial score (nSPS) is 19.9. The molecule has 0 bridgehead atoms. The van der Waals surface area contributed by atoms with Crippen LogP contribution in [0.25, 0.3) is 5.76 Å². The summed E-state index contributed by atoms with van der Waals surface area (Å²) < 4.78 is 17.8. The van der Waals surface area contributed by atoms with Gasteiger partial charge in [-0.1, -0.05) is 12.1 Å². The number of halogens is 1. The third-order valence-electron chi connectivity index (χ3n) is 6.47. The molecule has 0 aliphatic carbocycles. The van der Waals surface area contributed by atoms with E-state index in [1.54, 1.807) is 18.2 Å². The van der Waals surface area contributed by atoms with Gasteiger partial charge in [-0.15, -0.1) is 0 Å². The molecule has 0 radical (unpaired) electrons. The second-order valence-electron chi connectivity index (χ2n) is 8.85. The molecule has 0 spiro atoms. The van der Waals surface area contributed by atoms with Crippen LogP contribution in [0.1, 0.15) is 16.8 Å². The smallest absolute Gasteiger partial charge is 0.404 e. The highest BCUT2D eigenvalue weighted by Gasteiger charge is 2.50. The first kappa shape index (κ1) is 26.2. The Hall–Kier alpha value is -3.87. The van der Waals surface area contributed by atoms with Crippen LogP contribution in [-0.2, 0) is 20.7 Å². The predicted octanol–water partition coefficient (Wildman–Crippen LogP) is 1.23. The van der Waals surface area contributed by atoms with E-state index in [1.165, 1.54) is 18.3 Å². The van der Waals surface area contributed by atoms with Gasteiger partial charge in [0.05, 0.1) is 19.8 Å². The fourth-order valence-corrected chi connectivity index (χ4v) is 4.49. The number of hydrogen-bond donors (Lipinski definition) is 4. The van der Waals surface area contributed by atoms with Crippen LogP contribution in [-0.4, -0.2) is 91.0 Å². The quantitative estimate of drug-likeness (QED) is 0.272. The number of amides is 3. The first-order chi connectivity index (χ1) is 17.8. The van der Waals surface area contributed by atoms with Gasteiger partial charge in [-0.3, -0.25) is 4.90 Å². The summed E-state index contributed by atoms with van der Waals surface area (Å²) in [6.45, 7) is 3.24. The Bertz CT molecular complexity index is 1200. The van der Waals surface area contributed by atoms with Crippen LogP contribution in [0.3, 0.4) is 0 Å². The van der Waals surface area contributed by atoms with Gasteiger partial charge in [-0.25, -0.2) is 23.8 Å². The molecule has 0 saturated carbocycles. The summed E-state index contributed by atoms with van der Waals surface area (Å²) in [4.78, 5) is 43.8. The second-order valence-corrected chi connectivity index (χ2v) is 8.85. The molecule has 12 heteroatoms. The molecule has 4 N–H and O–H groups in total. The van der Waals surface area contributed by atoms with Crippen molar-refractivity contribution in [3.05, 3.63) is 64.9 Å². The number of aromatic nitrogens is 1. The van der Waals surface area contributed by atoms with E-state index in [1.807, 2.05) is 0 Å². The summed E-state index contributed by atoms with van der Waals surface area (Å²) in [6.07, 6.45) is 1.01. The molecule has 2 aromatic rings. The molecule has 37 heavy (non-hydrogen) atoms. The first-order valence-electron chi connectivity index (χ1n) is 11.9. The number of imide groups is 1. The highest BCUT2D eigenvalue weighted by molar-refractivity contribution is 6.16. The standard InChI is InChI=1S/C25H28FN5O6/c26-19-3-1-17(2-4-19)13-18-14-20-21(29-15-18)23(33)22(27-5-7-30-8-11-37-12-9-30)24(34)31(20,16-32)10-6-28-25(35)36/h1-4,14-16,28H,5-13H2,(H2-,27,29,33,34,35,36)/p+1. The van der Waals surface area contributed by atoms with E-state index in [0.717, 1.165) is 18.7 Å². The molecule has 4 rings (SSSR count). The van der Waals surface area contributed by atoms with Crippen LogP contribution >= 0.6 is 0 Å². The number of nitrogens with one attached hydrogen (secondary N) is 2. The van der Waals surface area contributed by atoms with Crippen molar-refractivity contribution in [3.63, 3.8) is 0 Å². The molecule has 2 aliphatic heterocycles. The zero-order chi connectivity index (χ0) is 26.4. The molecule has 2 aliphatic rings. The van der Waals surface area contributed by atoms with Gasteiger partial charge in [-0.05, 0) is 29.7 Å². The van der Waals surface area contributed by atoms with Gasteiger partial charge in [0, 0.05) is 38.4 Å². The minimum absolute atomic E-state index is 0.0544. The fraction of sp³-hybridized carbons (Fsp3) is 0.360. The molecule has 1 atom stereocenters. The lowest BCUT2D eigenvalue weighted by Crippen LogP contribution is -2.60. The lowest BCUT2D eigenvalue weighted by molar-refractivity contribution is -0.134. The van der Waals surface area contributed by atoms with Gasteiger partial charge in [0.25, 0.3) is 0 Å². The van der Waals surface area contributed by atoms with Crippen LogP contribution in [0.15, 0.2) is 42.2 Å². The molecular formula is C25H29FN5O6+. The van der Waals surface area contributed by atoms with Gasteiger partial charge in [0.1, 0.15) is 12.4 Å². The van der Waals surface area contributed by atoms with E-state index < -0.39 is 16.5 Å². The Balaban J connectivity index is 1.66. The highest BCUT2D eigenvalue weighted by Crippen LogP contribution is 2.37. The number of fused-ring (bicyclic) bond motifs is 1. The van der Waals surface area contributed by atoms with Gasteiger partial charge in [-0.2, -0.15) is 4.48 Å². The van der Waals surface area contributed by atoms with Crippen molar-refractivity contribution in [3.8, 4) is 0 Å². The number of morpholine rings is 1. The number of hydrogen-bond acceptors (Lipinski definition) is 8. The first-order valence-corrected chi connectivity index (χ1v) is 11.9. The van der Waals surface area contributed by atoms with Crippen LogP contribution in [0.2, 0.25) is 0 Å². The molecule has 1 unspecified atom stereocenters. The Kier molecular flexibility index (Phi) is 8.11. The van der Waals surface area contributed by atoms with Crippen molar-refractivity contribution in [2.75, 3.05) is 52.5 Å². The Morgan fingerprint density at radius 2 is 1.92 bits per heavy atom. The van der Waals surface area contributed by atoms with E-state index in [-0.39, 0.29) is 41.7 Å². The third kappa shape index (κ3) is 5.77. The summed E-state index contributed by atoms with van der Waals surface area (Å²) in [5, 5.41) is 25.2. The molecule has 1 aromatic carbocycles. The average molecular weight is 515 g/mol. The van der Waals surface area contributed by atoms with Crippen LogP contribution < -0.4 is 15.1 Å². The van der Waals surface area contributed by atoms with Gasteiger partial charge in [0.2, 0.25) is 0 Å². The second kappa shape index (κ2) is 11.5.